The van der Waals surface area contributed by atoms with Crippen LogP contribution in [0.15, 0.2) is 24.3 Å². The Bertz CT molecular complexity index is 789. The number of benzene rings is 1. The quantitative estimate of drug-likeness (QED) is 0.419. The molecule has 7 nitrogen and oxygen atoms in total. The molecule has 1 aromatic rings. The Labute approximate surface area is 177 Å². The topological polar surface area (TPSA) is 90.0 Å². The van der Waals surface area contributed by atoms with Crippen LogP contribution in [0.25, 0.3) is 0 Å². The molecule has 0 bridgehead atoms. The molecule has 1 rings (SSSR count). The second kappa shape index (κ2) is 10.8. The van der Waals surface area contributed by atoms with Gasteiger partial charge in [-0.3, -0.25) is 19.6 Å². The van der Waals surface area contributed by atoms with Crippen molar-refractivity contribution in [1.29, 1.82) is 0 Å². The summed E-state index contributed by atoms with van der Waals surface area (Å²) in [6.07, 6.45) is -0.341. The van der Waals surface area contributed by atoms with Crippen molar-refractivity contribution in [3.63, 3.8) is 0 Å². The zero-order valence-electron chi connectivity index (χ0n) is 17.5. The van der Waals surface area contributed by atoms with Gasteiger partial charge in [0.1, 0.15) is 12.6 Å². The molecule has 0 heterocycles. The fraction of sp³-hybridized carbons (Fsp3) is 0.476. The van der Waals surface area contributed by atoms with Gasteiger partial charge in [0.2, 0.25) is 17.7 Å². The van der Waals surface area contributed by atoms with E-state index in [2.05, 4.69) is 17.2 Å². The van der Waals surface area contributed by atoms with Crippen molar-refractivity contribution in [3.05, 3.63) is 34.9 Å². The summed E-state index contributed by atoms with van der Waals surface area (Å²) in [5.41, 5.74) is 0.217. The molecule has 0 fully saturated rings. The molecule has 0 aliphatic carbocycles. The van der Waals surface area contributed by atoms with Gasteiger partial charge in [-0.1, -0.05) is 44.2 Å². The van der Waals surface area contributed by atoms with Crippen molar-refractivity contribution in [2.24, 2.45) is 5.41 Å². The Hall–Kier alpha value is -2.56. The molecule has 0 aromatic heterocycles. The van der Waals surface area contributed by atoms with E-state index in [1.54, 1.807) is 38.4 Å². The second-order valence-corrected chi connectivity index (χ2v) is 8.30. The predicted octanol–water partition coefficient (Wildman–Crippen LogP) is 2.31. The van der Waals surface area contributed by atoms with Crippen LogP contribution in [0.4, 0.5) is 0 Å². The highest BCUT2D eigenvalue weighted by molar-refractivity contribution is 6.30. The number of hydroxylamine groups is 2. The molecule has 2 N–H and O–H groups in total. The maximum Gasteiger partial charge on any atom is 0.247 e. The molecule has 158 valence electrons. The van der Waals surface area contributed by atoms with Gasteiger partial charge in [-0.05, 0) is 29.7 Å². The van der Waals surface area contributed by atoms with Crippen molar-refractivity contribution in [2.75, 3.05) is 20.6 Å². The largest absolute Gasteiger partial charge is 0.347 e. The number of likely N-dealkylation sites (N-methyl/N-ethyl adjacent to an activating group) is 1. The first kappa shape index (κ1) is 24.5. The highest BCUT2D eigenvalue weighted by atomic mass is 35.5. The summed E-state index contributed by atoms with van der Waals surface area (Å²) >= 11 is 5.79. The van der Waals surface area contributed by atoms with E-state index in [1.807, 2.05) is 20.8 Å². The second-order valence-electron chi connectivity index (χ2n) is 7.86. The lowest BCUT2D eigenvalue weighted by Crippen LogP contribution is -2.53. The Kier molecular flexibility index (Phi) is 9.15. The number of carbonyl (C=O) groups is 3. The van der Waals surface area contributed by atoms with E-state index < -0.39 is 23.3 Å². The number of halogens is 1. The number of nitrogens with zero attached hydrogens (tertiary/aromatic N) is 2. The minimum absolute atomic E-state index is 0.145. The third kappa shape index (κ3) is 8.55. The predicted molar refractivity (Wildman–Crippen MR) is 111 cm³/mol. The standard InChI is InChI=1S/C21H28ClN3O4/c1-21(2,3)19(20(28)24(4)5)23-17(26)12-13-18(27)25(29)14-6-7-15-8-10-16(22)11-9-15/h8-11,19,29H,12-14H2,1-5H3,(H,23,26)/t19-/m1/s1. The fourth-order valence-electron chi connectivity index (χ4n) is 2.33. The summed E-state index contributed by atoms with van der Waals surface area (Å²) in [4.78, 5) is 37.9. The molecule has 3 amide bonds. The molecule has 29 heavy (non-hydrogen) atoms. The van der Waals surface area contributed by atoms with Crippen LogP contribution in [0.3, 0.4) is 0 Å². The van der Waals surface area contributed by atoms with E-state index in [1.165, 1.54) is 4.90 Å². The summed E-state index contributed by atoms with van der Waals surface area (Å²) in [6, 6.07) is 6.12. The van der Waals surface area contributed by atoms with Crippen LogP contribution in [-0.4, -0.2) is 59.6 Å². The summed E-state index contributed by atoms with van der Waals surface area (Å²) < 4.78 is 0. The summed E-state index contributed by atoms with van der Waals surface area (Å²) in [5, 5.41) is 13.5. The number of carbonyl (C=O) groups excluding carboxylic acids is 3. The highest BCUT2D eigenvalue weighted by Gasteiger charge is 2.33. The first-order valence-corrected chi connectivity index (χ1v) is 9.54. The summed E-state index contributed by atoms with van der Waals surface area (Å²) in [6.45, 7) is 5.35. The van der Waals surface area contributed by atoms with Gasteiger partial charge in [-0.2, -0.15) is 0 Å². The van der Waals surface area contributed by atoms with E-state index in [0.717, 1.165) is 0 Å². The molecule has 0 spiro atoms. The van der Waals surface area contributed by atoms with Gasteiger partial charge in [0, 0.05) is 37.5 Å². The van der Waals surface area contributed by atoms with Gasteiger partial charge < -0.3 is 10.2 Å². The van der Waals surface area contributed by atoms with Crippen LogP contribution in [-0.2, 0) is 14.4 Å². The molecule has 0 radical (unpaired) electrons. The van der Waals surface area contributed by atoms with Crippen molar-refractivity contribution < 1.29 is 19.6 Å². The average Bonchev–Trinajstić information content (AvgIpc) is 2.64. The highest BCUT2D eigenvalue weighted by Crippen LogP contribution is 2.21. The third-order valence-corrected chi connectivity index (χ3v) is 4.27. The fourth-order valence-corrected chi connectivity index (χ4v) is 2.45. The molecular weight excluding hydrogens is 394 g/mol. The first-order valence-electron chi connectivity index (χ1n) is 9.16. The maximum atomic E-state index is 12.3. The molecule has 1 atom stereocenters. The van der Waals surface area contributed by atoms with Gasteiger partial charge in [0.05, 0.1) is 0 Å². The smallest absolute Gasteiger partial charge is 0.247 e. The zero-order chi connectivity index (χ0) is 22.2. The van der Waals surface area contributed by atoms with Gasteiger partial charge >= 0.3 is 0 Å². The van der Waals surface area contributed by atoms with Crippen LogP contribution in [0, 0.1) is 17.3 Å². The molecule has 0 unspecified atom stereocenters. The molecular formula is C21H28ClN3O4. The molecule has 0 saturated heterocycles. The Balaban J connectivity index is 2.54. The van der Waals surface area contributed by atoms with Gasteiger partial charge in [-0.25, -0.2) is 5.06 Å². The van der Waals surface area contributed by atoms with E-state index in [4.69, 9.17) is 11.6 Å². The van der Waals surface area contributed by atoms with Gasteiger partial charge in [0.15, 0.2) is 0 Å². The lowest BCUT2D eigenvalue weighted by atomic mass is 9.85. The van der Waals surface area contributed by atoms with Crippen LogP contribution in [0.2, 0.25) is 5.02 Å². The summed E-state index contributed by atoms with van der Waals surface area (Å²) in [5.74, 6) is 4.20. The van der Waals surface area contributed by atoms with Crippen molar-refractivity contribution in [1.82, 2.24) is 15.3 Å². The van der Waals surface area contributed by atoms with Crippen molar-refractivity contribution in [3.8, 4) is 11.8 Å². The minimum Gasteiger partial charge on any atom is -0.347 e. The summed E-state index contributed by atoms with van der Waals surface area (Å²) in [7, 11) is 3.23. The van der Waals surface area contributed by atoms with Crippen LogP contribution in [0.1, 0.15) is 39.2 Å². The first-order chi connectivity index (χ1) is 13.4. The van der Waals surface area contributed by atoms with E-state index in [-0.39, 0.29) is 25.3 Å². The van der Waals surface area contributed by atoms with Gasteiger partial charge in [-0.15, -0.1) is 0 Å². The lowest BCUT2D eigenvalue weighted by Gasteiger charge is -2.32. The van der Waals surface area contributed by atoms with E-state index >= 15 is 0 Å². The molecule has 8 heteroatoms. The lowest BCUT2D eigenvalue weighted by molar-refractivity contribution is -0.163. The molecule has 0 saturated carbocycles. The Morgan fingerprint density at radius 1 is 1.14 bits per heavy atom. The number of hydrogen-bond donors (Lipinski definition) is 2. The minimum atomic E-state index is -0.712. The van der Waals surface area contributed by atoms with Crippen molar-refractivity contribution in [2.45, 2.75) is 39.7 Å². The number of nitrogens with one attached hydrogen (secondary N) is 1. The number of amides is 3. The third-order valence-electron chi connectivity index (χ3n) is 4.02. The Morgan fingerprint density at radius 2 is 1.72 bits per heavy atom. The van der Waals surface area contributed by atoms with Crippen molar-refractivity contribution >= 4 is 29.3 Å². The van der Waals surface area contributed by atoms with Crippen LogP contribution >= 0.6 is 11.6 Å². The van der Waals surface area contributed by atoms with Gasteiger partial charge in [0.25, 0.3) is 0 Å². The molecule has 0 aliphatic heterocycles. The maximum absolute atomic E-state index is 12.3. The average molecular weight is 422 g/mol. The molecule has 1 aromatic carbocycles. The molecule has 0 aliphatic rings. The SMILES string of the molecule is CN(C)C(=O)[C@@H](NC(=O)CCC(=O)N(O)CC#Cc1ccc(Cl)cc1)C(C)(C)C. The van der Waals surface area contributed by atoms with E-state index in [0.29, 0.717) is 15.6 Å². The normalized spacial score (nSPS) is 11.7. The van der Waals surface area contributed by atoms with Crippen LogP contribution in [0.5, 0.6) is 0 Å². The zero-order valence-corrected chi connectivity index (χ0v) is 18.2. The monoisotopic (exact) mass is 421 g/mol. The number of hydrogen-bond acceptors (Lipinski definition) is 4. The Morgan fingerprint density at radius 3 is 2.24 bits per heavy atom. The van der Waals surface area contributed by atoms with E-state index in [9.17, 15) is 19.6 Å². The van der Waals surface area contributed by atoms with Crippen LogP contribution < -0.4 is 5.32 Å². The number of rotatable bonds is 6.